The van der Waals surface area contributed by atoms with Crippen molar-refractivity contribution < 1.29 is 64.6 Å². The number of unbranched alkanes of at least 4 members (excludes halogenated alkanes) is 22. The second kappa shape index (κ2) is 34.8. The van der Waals surface area contributed by atoms with Gasteiger partial charge in [0.1, 0.15) is 48.8 Å². The fourth-order valence-electron chi connectivity index (χ4n) is 7.92. The van der Waals surface area contributed by atoms with Gasteiger partial charge < -0.3 is 65.1 Å². The third-order valence-corrected chi connectivity index (χ3v) is 12.0. The number of aliphatic hydroxyl groups excluding tert-OH is 8. The van der Waals surface area contributed by atoms with Crippen LogP contribution in [0.5, 0.6) is 0 Å². The van der Waals surface area contributed by atoms with E-state index in [2.05, 4.69) is 24.4 Å². The molecule has 2 heterocycles. The maximum absolute atomic E-state index is 12.3. The lowest BCUT2D eigenvalue weighted by molar-refractivity contribution is -0.359. The zero-order valence-corrected chi connectivity index (χ0v) is 37.7. The summed E-state index contributed by atoms with van der Waals surface area (Å²) in [6.45, 7) is 2.20. The molecule has 2 aliphatic rings. The molecule has 0 aromatic carbocycles. The van der Waals surface area contributed by atoms with E-state index < -0.39 is 86.8 Å². The first-order chi connectivity index (χ1) is 29.6. The number of nitrogens with one attached hydrogen (secondary N) is 1. The van der Waals surface area contributed by atoms with E-state index in [9.17, 15) is 45.6 Å². The van der Waals surface area contributed by atoms with E-state index in [0.29, 0.717) is 6.42 Å². The van der Waals surface area contributed by atoms with Gasteiger partial charge in [0.2, 0.25) is 5.91 Å². The van der Waals surface area contributed by atoms with Crippen LogP contribution >= 0.6 is 0 Å². The summed E-state index contributed by atoms with van der Waals surface area (Å²) in [5, 5.41) is 85.3. The zero-order chi connectivity index (χ0) is 44.7. The van der Waals surface area contributed by atoms with Gasteiger partial charge in [0.15, 0.2) is 12.6 Å². The molecule has 0 radical (unpaired) electrons. The number of amides is 1. The number of carbonyl (C=O) groups excluding carboxylic acids is 1. The van der Waals surface area contributed by atoms with Gasteiger partial charge in [0.05, 0.1) is 32.0 Å². The van der Waals surface area contributed by atoms with Gasteiger partial charge in [-0.1, -0.05) is 167 Å². The molecule has 14 heteroatoms. The molecule has 0 saturated carbocycles. The molecule has 2 aliphatic heterocycles. The van der Waals surface area contributed by atoms with Crippen LogP contribution in [0, 0.1) is 0 Å². The van der Waals surface area contributed by atoms with Gasteiger partial charge in [-0.2, -0.15) is 0 Å². The van der Waals surface area contributed by atoms with Gasteiger partial charge in [0.25, 0.3) is 0 Å². The number of ether oxygens (including phenoxy) is 4. The minimum absolute atomic E-state index is 0.155. The Morgan fingerprint density at radius 1 is 0.574 bits per heavy atom. The van der Waals surface area contributed by atoms with Crippen LogP contribution in [-0.2, 0) is 23.7 Å². The van der Waals surface area contributed by atoms with Crippen molar-refractivity contribution in [2.75, 3.05) is 19.8 Å². The number of allylic oxidation sites excluding steroid dienone is 3. The van der Waals surface area contributed by atoms with Gasteiger partial charge in [0, 0.05) is 6.42 Å². The normalized spacial score (nSPS) is 28.2. The number of hydrogen-bond acceptors (Lipinski definition) is 13. The van der Waals surface area contributed by atoms with E-state index in [1.165, 1.54) is 135 Å². The number of carbonyl (C=O) groups is 1. The highest BCUT2D eigenvalue weighted by molar-refractivity contribution is 5.75. The zero-order valence-electron chi connectivity index (χ0n) is 37.7. The summed E-state index contributed by atoms with van der Waals surface area (Å²) in [4.78, 5) is 12.3. The molecule has 0 aliphatic carbocycles. The fraction of sp³-hybridized carbons (Fsp3) is 0.894. The highest BCUT2D eigenvalue weighted by atomic mass is 16.7. The minimum Gasteiger partial charge on any atom is -0.394 e. The van der Waals surface area contributed by atoms with E-state index >= 15 is 0 Å². The smallest absolute Gasteiger partial charge is 0.220 e. The largest absolute Gasteiger partial charge is 0.394 e. The van der Waals surface area contributed by atoms with Gasteiger partial charge in [-0.05, 0) is 25.7 Å². The predicted molar refractivity (Wildman–Crippen MR) is 235 cm³/mol. The summed E-state index contributed by atoms with van der Waals surface area (Å²) in [5.41, 5.74) is 0. The van der Waals surface area contributed by atoms with Gasteiger partial charge >= 0.3 is 0 Å². The Labute approximate surface area is 367 Å². The molecule has 358 valence electrons. The van der Waals surface area contributed by atoms with Crippen molar-refractivity contribution in [3.8, 4) is 0 Å². The molecule has 0 aromatic heterocycles. The first-order valence-corrected chi connectivity index (χ1v) is 24.1. The average Bonchev–Trinajstić information content (AvgIpc) is 3.26. The van der Waals surface area contributed by atoms with E-state index in [1.807, 2.05) is 6.08 Å². The van der Waals surface area contributed by atoms with E-state index in [0.717, 1.165) is 12.8 Å². The molecule has 0 aromatic rings. The van der Waals surface area contributed by atoms with Crippen LogP contribution in [0.1, 0.15) is 174 Å². The van der Waals surface area contributed by atoms with Crippen LogP contribution in [0.4, 0.5) is 0 Å². The summed E-state index contributed by atoms with van der Waals surface area (Å²) in [6, 6.07) is -0.924. The molecule has 12 atom stereocenters. The molecule has 14 nitrogen and oxygen atoms in total. The lowest BCUT2D eigenvalue weighted by atomic mass is 9.97. The molecule has 61 heavy (non-hydrogen) atoms. The minimum atomic E-state index is -1.79. The molecule has 2 rings (SSSR count). The molecular weight excluding hydrogens is 787 g/mol. The number of aliphatic hydroxyl groups is 8. The van der Waals surface area contributed by atoms with Crippen LogP contribution < -0.4 is 5.32 Å². The topological polar surface area (TPSA) is 228 Å². The molecule has 9 N–H and O–H groups in total. The van der Waals surface area contributed by atoms with Crippen molar-refractivity contribution in [3.05, 3.63) is 24.3 Å². The standard InChI is InChI=1S/C47H87NO13/c1-3-5-6-7-8-9-10-11-12-13-14-15-16-17-18-19-20-21-22-23-24-25-26-27-28-29-30-31-36(51)35(48-39(52)4-2)34-58-46-44(57)42(55)45(38(33-50)60-46)61-47-43(56)41(54)40(53)37(32-49)59-47/h26-27,30-31,35-38,40-47,49-51,53-57H,3-25,28-29,32-34H2,1-2H3,(H,48,52)/b27-26+,31-30+. The van der Waals surface area contributed by atoms with Crippen LogP contribution in [0.15, 0.2) is 24.3 Å². The van der Waals surface area contributed by atoms with E-state index in [1.54, 1.807) is 13.0 Å². The maximum atomic E-state index is 12.3. The SMILES string of the molecule is CCCCCCCCCCCCCCCCCCCCCCC/C=C/CC/C=C/C(O)C(COC1OC(CO)C(OC2OC(CO)C(O)C(O)C2O)C(O)C1O)NC(=O)CC. The summed E-state index contributed by atoms with van der Waals surface area (Å²) >= 11 is 0. The lowest BCUT2D eigenvalue weighted by Crippen LogP contribution is -2.65. The fourth-order valence-corrected chi connectivity index (χ4v) is 7.92. The van der Waals surface area contributed by atoms with Gasteiger partial charge in [-0.3, -0.25) is 4.79 Å². The van der Waals surface area contributed by atoms with E-state index in [-0.39, 0.29) is 18.9 Å². The maximum Gasteiger partial charge on any atom is 0.220 e. The van der Waals surface area contributed by atoms with Crippen LogP contribution in [-0.4, -0.2) is 140 Å². The molecule has 2 fully saturated rings. The average molecular weight is 874 g/mol. The highest BCUT2D eigenvalue weighted by Gasteiger charge is 2.50. The van der Waals surface area contributed by atoms with Crippen molar-refractivity contribution in [2.45, 2.75) is 248 Å². The summed E-state index contributed by atoms with van der Waals surface area (Å²) in [5.74, 6) is -0.337. The lowest BCUT2D eigenvalue weighted by Gasteiger charge is -2.46. The molecule has 2 saturated heterocycles. The molecule has 0 spiro atoms. The Morgan fingerprint density at radius 2 is 1.03 bits per heavy atom. The number of rotatable bonds is 36. The van der Waals surface area contributed by atoms with Crippen molar-refractivity contribution >= 4 is 5.91 Å². The Morgan fingerprint density at radius 3 is 1.54 bits per heavy atom. The quantitative estimate of drug-likeness (QED) is 0.0285. The second-order valence-electron chi connectivity index (χ2n) is 17.2. The van der Waals surface area contributed by atoms with Crippen LogP contribution in [0.25, 0.3) is 0 Å². The van der Waals surface area contributed by atoms with Crippen molar-refractivity contribution in [1.29, 1.82) is 0 Å². The summed E-state index contributed by atoms with van der Waals surface area (Å²) < 4.78 is 22.3. The second-order valence-corrected chi connectivity index (χ2v) is 17.2. The van der Waals surface area contributed by atoms with Crippen molar-refractivity contribution in [2.24, 2.45) is 0 Å². The first-order valence-electron chi connectivity index (χ1n) is 24.1. The van der Waals surface area contributed by atoms with Gasteiger partial charge in [-0.25, -0.2) is 0 Å². The summed E-state index contributed by atoms with van der Waals surface area (Å²) in [7, 11) is 0. The Hall–Kier alpha value is -1.53. The third-order valence-electron chi connectivity index (χ3n) is 12.0. The Kier molecular flexibility index (Phi) is 31.7. The van der Waals surface area contributed by atoms with E-state index in [4.69, 9.17) is 18.9 Å². The van der Waals surface area contributed by atoms with Crippen molar-refractivity contribution in [1.82, 2.24) is 5.32 Å². The monoisotopic (exact) mass is 874 g/mol. The summed E-state index contributed by atoms with van der Waals surface area (Å²) in [6.07, 6.45) is 22.4. The third kappa shape index (κ3) is 22.8. The van der Waals surface area contributed by atoms with Crippen LogP contribution in [0.2, 0.25) is 0 Å². The molecule has 0 bridgehead atoms. The predicted octanol–water partition coefficient (Wildman–Crippen LogP) is 5.38. The van der Waals surface area contributed by atoms with Crippen molar-refractivity contribution in [3.63, 3.8) is 0 Å². The first kappa shape index (κ1) is 55.6. The Balaban J connectivity index is 1.58. The number of hydrogen-bond donors (Lipinski definition) is 9. The molecule has 12 unspecified atom stereocenters. The highest BCUT2D eigenvalue weighted by Crippen LogP contribution is 2.30. The van der Waals surface area contributed by atoms with Crippen LogP contribution in [0.3, 0.4) is 0 Å². The molecular formula is C47H87NO13. The van der Waals surface area contributed by atoms with Gasteiger partial charge in [-0.15, -0.1) is 0 Å². The Bertz CT molecular complexity index is 1130. The molecule has 1 amide bonds.